The molecule has 0 aromatic heterocycles. The number of hydrogen-bond acceptors (Lipinski definition) is 3. The van der Waals surface area contributed by atoms with Gasteiger partial charge in [0.15, 0.2) is 11.1 Å². The van der Waals surface area contributed by atoms with Gasteiger partial charge in [-0.15, -0.1) is 0 Å². The van der Waals surface area contributed by atoms with E-state index in [1.54, 1.807) is 0 Å². The summed E-state index contributed by atoms with van der Waals surface area (Å²) >= 11 is 8.97. The lowest BCUT2D eigenvalue weighted by Gasteiger charge is -2.06. The zero-order chi connectivity index (χ0) is 11.6. The van der Waals surface area contributed by atoms with Gasteiger partial charge in [0.2, 0.25) is 0 Å². The van der Waals surface area contributed by atoms with E-state index in [0.29, 0.717) is 0 Å². The summed E-state index contributed by atoms with van der Waals surface area (Å²) in [4.78, 5) is 11.1. The van der Waals surface area contributed by atoms with Crippen molar-refractivity contribution in [2.45, 2.75) is 4.90 Å². The first-order valence-corrected chi connectivity index (χ1v) is 5.52. The fourth-order valence-corrected chi connectivity index (χ4v) is 2.25. The van der Waals surface area contributed by atoms with Crippen LogP contribution in [0.5, 0.6) is 0 Å². The highest BCUT2D eigenvalue weighted by Crippen LogP contribution is 2.28. The van der Waals surface area contributed by atoms with Gasteiger partial charge in [-0.1, -0.05) is 23.2 Å². The van der Waals surface area contributed by atoms with Crippen LogP contribution in [0.4, 0.5) is 0 Å². The molecule has 7 heteroatoms. The smallest absolute Gasteiger partial charge is 0.339 e. The Morgan fingerprint density at radius 1 is 1.47 bits per heavy atom. The normalized spacial score (nSPS) is 12.3. The molecule has 82 valence electrons. The van der Waals surface area contributed by atoms with Gasteiger partial charge in [-0.05, 0) is 12.1 Å². The molecule has 0 saturated carbocycles. The number of hydrogen-bond donors (Lipinski definition) is 1. The molecular weight excluding hydrogens is 263 g/mol. The highest BCUT2D eigenvalue weighted by molar-refractivity contribution is 7.79. The van der Waals surface area contributed by atoms with E-state index in [2.05, 4.69) is 4.74 Å². The second-order valence-electron chi connectivity index (χ2n) is 2.51. The average Bonchev–Trinajstić information content (AvgIpc) is 2.14. The van der Waals surface area contributed by atoms with E-state index in [4.69, 9.17) is 27.8 Å². The standard InChI is InChI=1S/C8H6Cl2O4S/c1-14-8(11)5-2-4(9)3-6(10)7(5)15(12)13/h2-3H,1H3,(H,12,13). The first-order chi connectivity index (χ1) is 6.97. The third-order valence-corrected chi connectivity index (χ3v) is 3.01. The van der Waals surface area contributed by atoms with Gasteiger partial charge >= 0.3 is 5.97 Å². The van der Waals surface area contributed by atoms with Gasteiger partial charge in [-0.25, -0.2) is 9.00 Å². The van der Waals surface area contributed by atoms with Crippen molar-refractivity contribution < 1.29 is 18.3 Å². The third-order valence-electron chi connectivity index (χ3n) is 1.59. The fourth-order valence-electron chi connectivity index (χ4n) is 0.999. The van der Waals surface area contributed by atoms with E-state index in [1.807, 2.05) is 0 Å². The molecule has 1 unspecified atom stereocenters. The monoisotopic (exact) mass is 268 g/mol. The summed E-state index contributed by atoms with van der Waals surface area (Å²) in [6, 6.07) is 2.50. The molecule has 0 spiro atoms. The minimum Gasteiger partial charge on any atom is -0.465 e. The summed E-state index contributed by atoms with van der Waals surface area (Å²) in [5.74, 6) is -0.767. The SMILES string of the molecule is COC(=O)c1cc(Cl)cc(Cl)c1S(=O)O. The molecule has 0 amide bonds. The molecule has 0 saturated heterocycles. The van der Waals surface area contributed by atoms with Crippen molar-refractivity contribution in [3.63, 3.8) is 0 Å². The summed E-state index contributed by atoms with van der Waals surface area (Å²) in [5, 5.41) is 0.137. The molecule has 1 N–H and O–H groups in total. The summed E-state index contributed by atoms with van der Waals surface area (Å²) in [6.45, 7) is 0. The van der Waals surface area contributed by atoms with Gasteiger partial charge in [0.25, 0.3) is 0 Å². The van der Waals surface area contributed by atoms with Gasteiger partial charge in [-0.2, -0.15) is 0 Å². The fraction of sp³-hybridized carbons (Fsp3) is 0.125. The molecule has 4 nitrogen and oxygen atoms in total. The summed E-state index contributed by atoms with van der Waals surface area (Å²) in [7, 11) is 1.15. The van der Waals surface area contributed by atoms with Crippen LogP contribution in [0.25, 0.3) is 0 Å². The second-order valence-corrected chi connectivity index (χ2v) is 4.26. The number of esters is 1. The maximum absolute atomic E-state index is 11.3. The molecular formula is C8H6Cl2O4S. The van der Waals surface area contributed by atoms with E-state index in [0.717, 1.165) is 7.11 Å². The van der Waals surface area contributed by atoms with E-state index in [9.17, 15) is 9.00 Å². The minimum atomic E-state index is -2.37. The van der Waals surface area contributed by atoms with Crippen LogP contribution in [-0.4, -0.2) is 21.8 Å². The summed E-state index contributed by atoms with van der Waals surface area (Å²) in [6.07, 6.45) is 0. The van der Waals surface area contributed by atoms with Crippen LogP contribution in [-0.2, 0) is 15.8 Å². The lowest BCUT2D eigenvalue weighted by molar-refractivity contribution is 0.0596. The molecule has 1 aromatic rings. The van der Waals surface area contributed by atoms with E-state index >= 15 is 0 Å². The average molecular weight is 269 g/mol. The maximum atomic E-state index is 11.3. The van der Waals surface area contributed by atoms with Crippen LogP contribution in [0.3, 0.4) is 0 Å². The lowest BCUT2D eigenvalue weighted by Crippen LogP contribution is -2.07. The molecule has 1 atom stereocenters. The molecule has 0 bridgehead atoms. The van der Waals surface area contributed by atoms with Crippen LogP contribution in [0.2, 0.25) is 10.0 Å². The number of halogens is 2. The Balaban J connectivity index is 3.46. The van der Waals surface area contributed by atoms with Crippen molar-refractivity contribution in [1.82, 2.24) is 0 Å². The molecule has 0 radical (unpaired) electrons. The quantitative estimate of drug-likeness (QED) is 0.661. The molecule has 0 aliphatic carbocycles. The molecule has 1 aromatic carbocycles. The number of rotatable bonds is 2. The van der Waals surface area contributed by atoms with E-state index in [1.165, 1.54) is 12.1 Å². The number of ether oxygens (including phenoxy) is 1. The first kappa shape index (κ1) is 12.4. The van der Waals surface area contributed by atoms with Crippen LogP contribution in [0.15, 0.2) is 17.0 Å². The van der Waals surface area contributed by atoms with Gasteiger partial charge in [0, 0.05) is 5.02 Å². The Kier molecular flexibility index (Phi) is 4.10. The van der Waals surface area contributed by atoms with Crippen molar-refractivity contribution >= 4 is 40.3 Å². The molecule has 0 aliphatic rings. The van der Waals surface area contributed by atoms with Crippen LogP contribution in [0.1, 0.15) is 10.4 Å². The zero-order valence-corrected chi connectivity index (χ0v) is 9.82. The summed E-state index contributed by atoms with van der Waals surface area (Å²) in [5.41, 5.74) is -0.115. The Hall–Kier alpha value is -0.620. The molecule has 0 heterocycles. The maximum Gasteiger partial charge on any atom is 0.339 e. The highest BCUT2D eigenvalue weighted by Gasteiger charge is 2.20. The molecule has 1 rings (SSSR count). The highest BCUT2D eigenvalue weighted by atomic mass is 35.5. The molecule has 0 aliphatic heterocycles. The van der Waals surface area contributed by atoms with Crippen molar-refractivity contribution in [2.24, 2.45) is 0 Å². The lowest BCUT2D eigenvalue weighted by atomic mass is 10.2. The van der Waals surface area contributed by atoms with Crippen molar-refractivity contribution in [2.75, 3.05) is 7.11 Å². The predicted octanol–water partition coefficient (Wildman–Crippen LogP) is 2.36. The topological polar surface area (TPSA) is 63.6 Å². The number of benzene rings is 1. The van der Waals surface area contributed by atoms with Crippen LogP contribution in [0, 0.1) is 0 Å². The van der Waals surface area contributed by atoms with Gasteiger partial charge in [0.05, 0.1) is 22.6 Å². The summed E-state index contributed by atoms with van der Waals surface area (Å²) < 4.78 is 24.3. The third kappa shape index (κ3) is 2.69. The first-order valence-electron chi connectivity index (χ1n) is 3.65. The predicted molar refractivity (Wildman–Crippen MR) is 56.8 cm³/mol. The Morgan fingerprint density at radius 3 is 2.53 bits per heavy atom. The van der Waals surface area contributed by atoms with Crippen molar-refractivity contribution in [3.05, 3.63) is 27.7 Å². The number of carbonyl (C=O) groups is 1. The number of carbonyl (C=O) groups excluding carboxylic acids is 1. The number of methoxy groups -OCH3 is 1. The molecule has 0 fully saturated rings. The molecule has 15 heavy (non-hydrogen) atoms. The van der Waals surface area contributed by atoms with Gasteiger partial charge < -0.3 is 9.29 Å². The van der Waals surface area contributed by atoms with E-state index < -0.39 is 17.0 Å². The minimum absolute atomic E-state index is 0.0521. The van der Waals surface area contributed by atoms with Crippen LogP contribution >= 0.6 is 23.2 Å². The van der Waals surface area contributed by atoms with Crippen LogP contribution < -0.4 is 0 Å². The van der Waals surface area contributed by atoms with Crippen molar-refractivity contribution in [1.29, 1.82) is 0 Å². The Morgan fingerprint density at radius 2 is 2.07 bits per heavy atom. The Labute approximate surface area is 98.4 Å². The Bertz CT molecular complexity index is 433. The van der Waals surface area contributed by atoms with E-state index in [-0.39, 0.29) is 20.5 Å². The van der Waals surface area contributed by atoms with Gasteiger partial charge in [-0.3, -0.25) is 0 Å². The van der Waals surface area contributed by atoms with Crippen molar-refractivity contribution in [3.8, 4) is 0 Å². The largest absolute Gasteiger partial charge is 0.465 e. The van der Waals surface area contributed by atoms with Gasteiger partial charge in [0.1, 0.15) is 0 Å². The zero-order valence-electron chi connectivity index (χ0n) is 7.49. The second kappa shape index (κ2) is 4.94.